The molecule has 130 valence electrons. The molecule has 0 saturated heterocycles. The number of hydrogen-bond donors (Lipinski definition) is 2. The Morgan fingerprint density at radius 1 is 0.957 bits per heavy atom. The molecule has 0 aliphatic heterocycles. The molecule has 1 atom stereocenters. The van der Waals surface area contributed by atoms with Gasteiger partial charge in [0.2, 0.25) is 11.8 Å². The van der Waals surface area contributed by atoms with Crippen LogP contribution in [0.4, 0.5) is 0 Å². The van der Waals surface area contributed by atoms with Crippen LogP contribution in [-0.2, 0) is 9.59 Å². The first-order valence-electron chi connectivity index (χ1n) is 9.41. The van der Waals surface area contributed by atoms with Crippen molar-refractivity contribution in [3.05, 3.63) is 0 Å². The lowest BCUT2D eigenvalue weighted by Gasteiger charge is -2.56. The Labute approximate surface area is 140 Å². The maximum Gasteiger partial charge on any atom is 0.239 e. The average Bonchev–Trinajstić information content (AvgIpc) is 2.43. The molecule has 4 fully saturated rings. The molecule has 4 aliphatic rings. The van der Waals surface area contributed by atoms with E-state index in [4.69, 9.17) is 0 Å². The normalized spacial score (nSPS) is 36.1. The molecule has 1 unspecified atom stereocenters. The molecule has 23 heavy (non-hydrogen) atoms. The van der Waals surface area contributed by atoms with E-state index in [0.29, 0.717) is 12.3 Å². The summed E-state index contributed by atoms with van der Waals surface area (Å²) in [6.07, 6.45) is 8.54. The van der Waals surface area contributed by atoms with E-state index in [1.54, 1.807) is 0 Å². The van der Waals surface area contributed by atoms with Gasteiger partial charge in [-0.15, -0.1) is 0 Å². The fraction of sp³-hybridized carbons (Fsp3) is 0.895. The quantitative estimate of drug-likeness (QED) is 0.790. The second-order valence-electron chi connectivity index (χ2n) is 8.97. The van der Waals surface area contributed by atoms with Gasteiger partial charge in [0.15, 0.2) is 0 Å². The van der Waals surface area contributed by atoms with Crippen molar-refractivity contribution in [3.8, 4) is 0 Å². The van der Waals surface area contributed by atoms with Crippen molar-refractivity contribution >= 4 is 11.8 Å². The van der Waals surface area contributed by atoms with Gasteiger partial charge in [-0.3, -0.25) is 9.59 Å². The van der Waals surface area contributed by atoms with Crippen LogP contribution in [0.15, 0.2) is 0 Å². The SMILES string of the molecule is CC(C)C(C)NC(=O)CNC(=O)CC12CC3CC(CC(C3)C1)C2. The largest absolute Gasteiger partial charge is 0.352 e. The Morgan fingerprint density at radius 3 is 1.96 bits per heavy atom. The lowest BCUT2D eigenvalue weighted by Crippen LogP contribution is -2.49. The van der Waals surface area contributed by atoms with E-state index in [2.05, 4.69) is 24.5 Å². The molecule has 0 heterocycles. The molecule has 4 bridgehead atoms. The highest BCUT2D eigenvalue weighted by Crippen LogP contribution is 2.61. The van der Waals surface area contributed by atoms with Gasteiger partial charge in [0.05, 0.1) is 6.54 Å². The van der Waals surface area contributed by atoms with Gasteiger partial charge in [0.25, 0.3) is 0 Å². The number of amides is 2. The van der Waals surface area contributed by atoms with Gasteiger partial charge in [-0.25, -0.2) is 0 Å². The third-order valence-corrected chi connectivity index (χ3v) is 6.54. The Morgan fingerprint density at radius 2 is 1.48 bits per heavy atom. The van der Waals surface area contributed by atoms with Crippen LogP contribution in [0.3, 0.4) is 0 Å². The molecule has 4 aliphatic carbocycles. The molecule has 2 N–H and O–H groups in total. The minimum Gasteiger partial charge on any atom is -0.352 e. The standard InChI is InChI=1S/C19H32N2O2/c1-12(2)13(3)21-18(23)11-20-17(22)10-19-7-14-4-15(8-19)6-16(5-14)9-19/h12-16H,4-11H2,1-3H3,(H,20,22)(H,21,23). The smallest absolute Gasteiger partial charge is 0.239 e. The van der Waals surface area contributed by atoms with Crippen molar-refractivity contribution in [1.29, 1.82) is 0 Å². The highest BCUT2D eigenvalue weighted by molar-refractivity contribution is 5.85. The van der Waals surface area contributed by atoms with Gasteiger partial charge in [-0.2, -0.15) is 0 Å². The highest BCUT2D eigenvalue weighted by Gasteiger charge is 2.51. The van der Waals surface area contributed by atoms with E-state index in [1.807, 2.05) is 6.92 Å². The van der Waals surface area contributed by atoms with E-state index in [0.717, 1.165) is 17.8 Å². The number of nitrogens with one attached hydrogen (secondary N) is 2. The molecular weight excluding hydrogens is 288 g/mol. The Balaban J connectivity index is 1.46. The molecule has 0 radical (unpaired) electrons. The number of rotatable bonds is 6. The topological polar surface area (TPSA) is 58.2 Å². The molecule has 4 nitrogen and oxygen atoms in total. The second kappa shape index (κ2) is 6.45. The number of carbonyl (C=O) groups is 2. The fourth-order valence-corrected chi connectivity index (χ4v) is 5.56. The second-order valence-corrected chi connectivity index (χ2v) is 8.97. The lowest BCUT2D eigenvalue weighted by atomic mass is 9.49. The minimum absolute atomic E-state index is 0.0688. The van der Waals surface area contributed by atoms with Crippen LogP contribution in [0.5, 0.6) is 0 Å². The maximum absolute atomic E-state index is 12.4. The van der Waals surface area contributed by atoms with Gasteiger partial charge in [0.1, 0.15) is 0 Å². The van der Waals surface area contributed by atoms with Gasteiger partial charge >= 0.3 is 0 Å². The Kier molecular flexibility index (Phi) is 4.70. The van der Waals surface area contributed by atoms with Crippen molar-refractivity contribution < 1.29 is 9.59 Å². The number of hydrogen-bond acceptors (Lipinski definition) is 2. The molecule has 2 amide bonds. The molecule has 0 aromatic heterocycles. The van der Waals surface area contributed by atoms with Gasteiger partial charge in [0, 0.05) is 12.5 Å². The molecule has 0 spiro atoms. The van der Waals surface area contributed by atoms with Crippen LogP contribution in [0.2, 0.25) is 0 Å². The molecule has 4 heteroatoms. The molecule has 4 rings (SSSR count). The third-order valence-electron chi connectivity index (χ3n) is 6.54. The molecular formula is C19H32N2O2. The first-order valence-corrected chi connectivity index (χ1v) is 9.41. The van der Waals surface area contributed by atoms with Gasteiger partial charge in [-0.05, 0) is 74.5 Å². The average molecular weight is 320 g/mol. The van der Waals surface area contributed by atoms with E-state index in [-0.39, 0.29) is 29.8 Å². The van der Waals surface area contributed by atoms with Crippen LogP contribution in [0, 0.1) is 29.1 Å². The van der Waals surface area contributed by atoms with Gasteiger partial charge in [-0.1, -0.05) is 13.8 Å². The zero-order valence-electron chi connectivity index (χ0n) is 14.9. The summed E-state index contributed by atoms with van der Waals surface area (Å²) in [6.45, 7) is 6.27. The summed E-state index contributed by atoms with van der Waals surface area (Å²) in [7, 11) is 0. The van der Waals surface area contributed by atoms with Crippen molar-refractivity contribution in [1.82, 2.24) is 10.6 Å². The van der Waals surface area contributed by atoms with E-state index >= 15 is 0 Å². The van der Waals surface area contributed by atoms with E-state index in [1.165, 1.54) is 38.5 Å². The number of carbonyl (C=O) groups excluding carboxylic acids is 2. The Bertz CT molecular complexity index is 437. The van der Waals surface area contributed by atoms with Crippen molar-refractivity contribution in [2.45, 2.75) is 71.8 Å². The van der Waals surface area contributed by atoms with Crippen LogP contribution >= 0.6 is 0 Å². The summed E-state index contributed by atoms with van der Waals surface area (Å²) in [5.41, 5.74) is 0.251. The zero-order valence-corrected chi connectivity index (χ0v) is 14.9. The summed E-state index contributed by atoms with van der Waals surface area (Å²) in [5.74, 6) is 2.99. The van der Waals surface area contributed by atoms with Crippen LogP contribution in [-0.4, -0.2) is 24.4 Å². The Hall–Kier alpha value is -1.06. The fourth-order valence-electron chi connectivity index (χ4n) is 5.56. The predicted octanol–water partition coefficient (Wildman–Crippen LogP) is 2.87. The van der Waals surface area contributed by atoms with Crippen LogP contribution in [0.1, 0.15) is 65.7 Å². The molecule has 0 aromatic carbocycles. The predicted molar refractivity (Wildman–Crippen MR) is 90.7 cm³/mol. The first-order chi connectivity index (χ1) is 10.8. The zero-order chi connectivity index (χ0) is 16.6. The summed E-state index contributed by atoms with van der Waals surface area (Å²) < 4.78 is 0. The van der Waals surface area contributed by atoms with Crippen LogP contribution in [0.25, 0.3) is 0 Å². The van der Waals surface area contributed by atoms with Crippen molar-refractivity contribution in [3.63, 3.8) is 0 Å². The summed E-state index contributed by atoms with van der Waals surface area (Å²) >= 11 is 0. The summed E-state index contributed by atoms with van der Waals surface area (Å²) in [4.78, 5) is 24.3. The minimum atomic E-state index is -0.0786. The van der Waals surface area contributed by atoms with Crippen molar-refractivity contribution in [2.75, 3.05) is 6.54 Å². The highest BCUT2D eigenvalue weighted by atomic mass is 16.2. The molecule has 0 aromatic rings. The molecule has 4 saturated carbocycles. The lowest BCUT2D eigenvalue weighted by molar-refractivity contribution is -0.132. The van der Waals surface area contributed by atoms with Crippen molar-refractivity contribution in [2.24, 2.45) is 29.1 Å². The summed E-state index contributed by atoms with van der Waals surface area (Å²) in [5, 5.41) is 5.79. The maximum atomic E-state index is 12.4. The third kappa shape index (κ3) is 3.89. The van der Waals surface area contributed by atoms with E-state index in [9.17, 15) is 9.59 Å². The monoisotopic (exact) mass is 320 g/mol. The summed E-state index contributed by atoms with van der Waals surface area (Å²) in [6, 6.07) is 0.141. The van der Waals surface area contributed by atoms with Gasteiger partial charge < -0.3 is 10.6 Å². The van der Waals surface area contributed by atoms with E-state index < -0.39 is 0 Å². The van der Waals surface area contributed by atoms with Crippen LogP contribution < -0.4 is 10.6 Å². The first kappa shape index (κ1) is 16.8.